The molecule has 0 fully saturated rings. The summed E-state index contributed by atoms with van der Waals surface area (Å²) in [5.74, 6) is 0.146. The first kappa shape index (κ1) is 16.6. The van der Waals surface area contributed by atoms with E-state index in [0.29, 0.717) is 18.2 Å². The fourth-order valence-electron chi connectivity index (χ4n) is 2.39. The number of nitrogens with one attached hydrogen (secondary N) is 2. The summed E-state index contributed by atoms with van der Waals surface area (Å²) in [4.78, 5) is 24.8. The van der Waals surface area contributed by atoms with Crippen LogP contribution in [-0.2, 0) is 13.0 Å². The van der Waals surface area contributed by atoms with Crippen molar-refractivity contribution < 1.29 is 4.79 Å². The van der Waals surface area contributed by atoms with Crippen LogP contribution >= 0.6 is 0 Å². The molecule has 1 aromatic carbocycles. The molecular weight excluding hydrogens is 314 g/mol. The Labute approximate surface area is 146 Å². The maximum absolute atomic E-state index is 12.3. The third-order valence-corrected chi connectivity index (χ3v) is 3.71. The first-order chi connectivity index (χ1) is 12.3. The van der Waals surface area contributed by atoms with Crippen LogP contribution in [0.15, 0.2) is 61.1 Å². The van der Waals surface area contributed by atoms with Crippen molar-refractivity contribution in [3.63, 3.8) is 0 Å². The van der Waals surface area contributed by atoms with Gasteiger partial charge in [-0.1, -0.05) is 31.2 Å². The van der Waals surface area contributed by atoms with Crippen molar-refractivity contribution >= 4 is 17.5 Å². The van der Waals surface area contributed by atoms with Crippen molar-refractivity contribution in [2.75, 3.05) is 5.32 Å². The predicted octanol–water partition coefficient (Wildman–Crippen LogP) is 3.11. The third-order valence-electron chi connectivity index (χ3n) is 3.71. The molecule has 0 spiro atoms. The van der Waals surface area contributed by atoms with Gasteiger partial charge in [0, 0.05) is 30.8 Å². The van der Waals surface area contributed by atoms with Gasteiger partial charge in [-0.05, 0) is 35.7 Å². The zero-order chi connectivity index (χ0) is 17.5. The Morgan fingerprint density at radius 2 is 1.96 bits per heavy atom. The summed E-state index contributed by atoms with van der Waals surface area (Å²) in [5.41, 5.74) is 3.35. The van der Waals surface area contributed by atoms with Crippen molar-refractivity contribution in [3.05, 3.63) is 77.9 Å². The fourth-order valence-corrected chi connectivity index (χ4v) is 2.39. The lowest BCUT2D eigenvalue weighted by atomic mass is 10.1. The molecule has 3 rings (SSSR count). The summed E-state index contributed by atoms with van der Waals surface area (Å²) in [6.45, 7) is 2.49. The Balaban J connectivity index is 1.69. The Hall–Kier alpha value is -3.28. The molecule has 2 N–H and O–H groups in total. The van der Waals surface area contributed by atoms with E-state index < -0.39 is 0 Å². The van der Waals surface area contributed by atoms with Crippen molar-refractivity contribution in [1.82, 2.24) is 20.3 Å². The molecule has 0 aliphatic heterocycles. The summed E-state index contributed by atoms with van der Waals surface area (Å²) >= 11 is 0. The molecule has 0 atom stereocenters. The van der Waals surface area contributed by atoms with E-state index in [1.165, 1.54) is 0 Å². The minimum atomic E-state index is -0.252. The average Bonchev–Trinajstić information content (AvgIpc) is 2.67. The zero-order valence-electron chi connectivity index (χ0n) is 13.9. The first-order valence-corrected chi connectivity index (χ1v) is 8.11. The number of amides is 1. The molecule has 25 heavy (non-hydrogen) atoms. The number of benzene rings is 1. The van der Waals surface area contributed by atoms with E-state index in [0.717, 1.165) is 23.2 Å². The molecule has 0 aliphatic carbocycles. The van der Waals surface area contributed by atoms with E-state index in [2.05, 4.69) is 32.5 Å². The molecule has 0 aliphatic rings. The van der Waals surface area contributed by atoms with Gasteiger partial charge in [0.05, 0.1) is 0 Å². The van der Waals surface area contributed by atoms with Crippen LogP contribution in [0.2, 0.25) is 0 Å². The van der Waals surface area contributed by atoms with Crippen LogP contribution in [0.25, 0.3) is 0 Å². The van der Waals surface area contributed by atoms with E-state index >= 15 is 0 Å². The van der Waals surface area contributed by atoms with Gasteiger partial charge in [-0.15, -0.1) is 0 Å². The number of carbonyl (C=O) groups is 1. The number of aryl methyl sites for hydroxylation is 1. The highest BCUT2D eigenvalue weighted by Gasteiger charge is 2.09. The van der Waals surface area contributed by atoms with Gasteiger partial charge in [0.2, 0.25) is 5.95 Å². The van der Waals surface area contributed by atoms with Crippen LogP contribution in [0.1, 0.15) is 28.5 Å². The second kappa shape index (κ2) is 8.01. The minimum absolute atomic E-state index is 0.252. The van der Waals surface area contributed by atoms with Crippen molar-refractivity contribution in [3.8, 4) is 0 Å². The highest BCUT2D eigenvalue weighted by Crippen LogP contribution is 2.18. The van der Waals surface area contributed by atoms with Gasteiger partial charge in [-0.3, -0.25) is 9.78 Å². The standard InChI is InChI=1S/C19H19N5O/c1-2-15-7-3-4-8-16(15)23-19-21-11-9-17(24-19)18(25)22-13-14-6-5-10-20-12-14/h3-12H,2,13H2,1H3,(H,22,25)(H,21,23,24). The van der Waals surface area contributed by atoms with Crippen LogP contribution in [0, 0.1) is 0 Å². The number of rotatable bonds is 6. The number of carbonyl (C=O) groups excluding carboxylic acids is 1. The van der Waals surface area contributed by atoms with E-state index in [9.17, 15) is 4.79 Å². The highest BCUT2D eigenvalue weighted by atomic mass is 16.1. The number of para-hydroxylation sites is 1. The van der Waals surface area contributed by atoms with Crippen LogP contribution < -0.4 is 10.6 Å². The van der Waals surface area contributed by atoms with E-state index in [1.54, 1.807) is 24.7 Å². The van der Waals surface area contributed by atoms with Crippen molar-refractivity contribution in [2.24, 2.45) is 0 Å². The molecule has 3 aromatic rings. The molecule has 6 nitrogen and oxygen atoms in total. The van der Waals surface area contributed by atoms with E-state index in [1.807, 2.05) is 36.4 Å². The Bertz CT molecular complexity index is 851. The lowest BCUT2D eigenvalue weighted by Crippen LogP contribution is -2.24. The van der Waals surface area contributed by atoms with Crippen molar-refractivity contribution in [1.29, 1.82) is 0 Å². The lowest BCUT2D eigenvalue weighted by Gasteiger charge is -2.10. The normalized spacial score (nSPS) is 10.3. The van der Waals surface area contributed by atoms with Gasteiger partial charge < -0.3 is 10.6 Å². The summed E-state index contributed by atoms with van der Waals surface area (Å²) in [6, 6.07) is 13.3. The lowest BCUT2D eigenvalue weighted by molar-refractivity contribution is 0.0946. The second-order valence-electron chi connectivity index (χ2n) is 5.45. The maximum Gasteiger partial charge on any atom is 0.270 e. The largest absolute Gasteiger partial charge is 0.347 e. The fraction of sp³-hybridized carbons (Fsp3) is 0.158. The Kier molecular flexibility index (Phi) is 5.31. The van der Waals surface area contributed by atoms with E-state index in [-0.39, 0.29) is 5.91 Å². The molecule has 1 amide bonds. The van der Waals surface area contributed by atoms with Gasteiger partial charge in [-0.25, -0.2) is 9.97 Å². The number of nitrogens with zero attached hydrogens (tertiary/aromatic N) is 3. The number of anilines is 2. The number of hydrogen-bond donors (Lipinski definition) is 2. The second-order valence-corrected chi connectivity index (χ2v) is 5.45. The molecule has 6 heteroatoms. The third kappa shape index (κ3) is 4.38. The highest BCUT2D eigenvalue weighted by molar-refractivity contribution is 5.92. The Morgan fingerprint density at radius 3 is 2.76 bits per heavy atom. The molecule has 126 valence electrons. The summed E-state index contributed by atoms with van der Waals surface area (Å²) in [7, 11) is 0. The quantitative estimate of drug-likeness (QED) is 0.724. The van der Waals surface area contributed by atoms with Crippen LogP contribution in [-0.4, -0.2) is 20.9 Å². The molecule has 2 aromatic heterocycles. The molecule has 2 heterocycles. The molecule has 0 saturated carbocycles. The number of aromatic nitrogens is 3. The summed E-state index contributed by atoms with van der Waals surface area (Å²) in [6.07, 6.45) is 5.88. The van der Waals surface area contributed by atoms with Gasteiger partial charge >= 0.3 is 0 Å². The molecule has 0 radical (unpaired) electrons. The van der Waals surface area contributed by atoms with Gasteiger partial charge in [0.25, 0.3) is 5.91 Å². The maximum atomic E-state index is 12.3. The predicted molar refractivity (Wildman–Crippen MR) is 96.5 cm³/mol. The van der Waals surface area contributed by atoms with Crippen LogP contribution in [0.5, 0.6) is 0 Å². The van der Waals surface area contributed by atoms with Gasteiger partial charge in [0.15, 0.2) is 0 Å². The zero-order valence-corrected chi connectivity index (χ0v) is 13.9. The van der Waals surface area contributed by atoms with Crippen LogP contribution in [0.3, 0.4) is 0 Å². The SMILES string of the molecule is CCc1ccccc1Nc1nccc(C(=O)NCc2cccnc2)n1. The molecule has 0 saturated heterocycles. The number of pyridine rings is 1. The Morgan fingerprint density at radius 1 is 1.08 bits per heavy atom. The topological polar surface area (TPSA) is 79.8 Å². The molecule has 0 unspecified atom stereocenters. The summed E-state index contributed by atoms with van der Waals surface area (Å²) in [5, 5.41) is 6.01. The number of hydrogen-bond acceptors (Lipinski definition) is 5. The average molecular weight is 333 g/mol. The van der Waals surface area contributed by atoms with Crippen molar-refractivity contribution in [2.45, 2.75) is 19.9 Å². The monoisotopic (exact) mass is 333 g/mol. The van der Waals surface area contributed by atoms with E-state index in [4.69, 9.17) is 0 Å². The summed E-state index contributed by atoms with van der Waals surface area (Å²) < 4.78 is 0. The smallest absolute Gasteiger partial charge is 0.270 e. The van der Waals surface area contributed by atoms with Gasteiger partial charge in [0.1, 0.15) is 5.69 Å². The first-order valence-electron chi connectivity index (χ1n) is 8.11. The van der Waals surface area contributed by atoms with Gasteiger partial charge in [-0.2, -0.15) is 0 Å². The minimum Gasteiger partial charge on any atom is -0.347 e. The molecular formula is C19H19N5O. The molecule has 0 bridgehead atoms. The van der Waals surface area contributed by atoms with Crippen LogP contribution in [0.4, 0.5) is 11.6 Å².